The number of nitrogens with zero attached hydrogens (tertiary/aromatic N) is 3. The van der Waals surface area contributed by atoms with Gasteiger partial charge in [-0.15, -0.1) is 0 Å². The highest BCUT2D eigenvalue weighted by atomic mass is 16.4. The Kier molecular flexibility index (Phi) is 4.55. The summed E-state index contributed by atoms with van der Waals surface area (Å²) in [5, 5.41) is 18.2. The number of carbonyl (C=O) groups is 1. The number of benzene rings is 2. The number of nitrogens with one attached hydrogen (secondary N) is 1. The third kappa shape index (κ3) is 3.16. The van der Waals surface area contributed by atoms with E-state index in [9.17, 15) is 14.7 Å². The molecule has 0 atom stereocenters. The SMILES string of the molecule is O=C(O)c1ccccc1CCc1n[nH]c2c1c(=O)n(-c1ccccc1)c1ncccc21. The van der Waals surface area contributed by atoms with Gasteiger partial charge in [0.1, 0.15) is 5.65 Å². The summed E-state index contributed by atoms with van der Waals surface area (Å²) in [4.78, 5) is 29.5. The van der Waals surface area contributed by atoms with Crippen molar-refractivity contribution in [3.63, 3.8) is 0 Å². The lowest BCUT2D eigenvalue weighted by atomic mass is 10.0. The number of aromatic carboxylic acids is 1. The molecule has 0 radical (unpaired) electrons. The summed E-state index contributed by atoms with van der Waals surface area (Å²) in [6.07, 6.45) is 2.55. The van der Waals surface area contributed by atoms with Crippen LogP contribution in [0.25, 0.3) is 27.6 Å². The first-order valence-electron chi connectivity index (χ1n) is 9.88. The smallest absolute Gasteiger partial charge is 0.335 e. The van der Waals surface area contributed by atoms with Crippen LogP contribution in [0.4, 0.5) is 0 Å². The van der Waals surface area contributed by atoms with E-state index in [0.29, 0.717) is 40.6 Å². The number of hydrogen-bond donors (Lipinski definition) is 2. The minimum absolute atomic E-state index is 0.206. The number of para-hydroxylation sites is 1. The van der Waals surface area contributed by atoms with Gasteiger partial charge < -0.3 is 5.11 Å². The Labute approximate surface area is 176 Å². The largest absolute Gasteiger partial charge is 0.478 e. The molecular formula is C24H18N4O3. The van der Waals surface area contributed by atoms with Crippen LogP contribution >= 0.6 is 0 Å². The molecule has 3 heterocycles. The van der Waals surface area contributed by atoms with Gasteiger partial charge in [0.25, 0.3) is 5.56 Å². The first kappa shape index (κ1) is 18.7. The molecule has 7 nitrogen and oxygen atoms in total. The second kappa shape index (κ2) is 7.53. The number of rotatable bonds is 5. The number of pyridine rings is 2. The topological polar surface area (TPSA) is 101 Å². The Hall–Kier alpha value is -4.26. The van der Waals surface area contributed by atoms with Crippen LogP contribution in [-0.4, -0.2) is 30.8 Å². The van der Waals surface area contributed by atoms with Crippen LogP contribution in [0.5, 0.6) is 0 Å². The van der Waals surface area contributed by atoms with Crippen molar-refractivity contribution in [2.24, 2.45) is 0 Å². The normalized spacial score (nSPS) is 11.2. The zero-order valence-electron chi connectivity index (χ0n) is 16.4. The summed E-state index contributed by atoms with van der Waals surface area (Å²) >= 11 is 0. The Bertz CT molecular complexity index is 1490. The van der Waals surface area contributed by atoms with E-state index in [1.807, 2.05) is 48.5 Å². The third-order valence-electron chi connectivity index (χ3n) is 5.42. The van der Waals surface area contributed by atoms with Crippen molar-refractivity contribution in [2.75, 3.05) is 0 Å². The molecule has 5 aromatic rings. The number of aromatic amines is 1. The van der Waals surface area contributed by atoms with Crippen LogP contribution in [0.3, 0.4) is 0 Å². The molecule has 0 saturated carbocycles. The quantitative estimate of drug-likeness (QED) is 0.460. The molecule has 0 aliphatic rings. The standard InChI is InChI=1S/C24H18N4O3/c29-23-20-19(13-12-15-7-4-5-10-17(15)24(30)31)26-27-21(20)18-11-6-14-25-22(18)28(23)16-8-2-1-3-9-16/h1-11,14H,12-13H2,(H,26,27)(H,30,31). The van der Waals surface area contributed by atoms with Crippen LogP contribution in [0.2, 0.25) is 0 Å². The minimum atomic E-state index is -0.967. The number of fused-ring (bicyclic) bond motifs is 3. The second-order valence-corrected chi connectivity index (χ2v) is 7.23. The average molecular weight is 410 g/mol. The van der Waals surface area contributed by atoms with Crippen molar-refractivity contribution >= 4 is 27.9 Å². The first-order chi connectivity index (χ1) is 15.1. The molecule has 0 saturated heterocycles. The first-order valence-corrected chi connectivity index (χ1v) is 9.88. The molecule has 0 spiro atoms. The van der Waals surface area contributed by atoms with E-state index in [1.165, 1.54) is 0 Å². The molecule has 0 aliphatic carbocycles. The molecule has 0 amide bonds. The maximum absolute atomic E-state index is 13.6. The number of hydrogen-bond acceptors (Lipinski definition) is 4. The van der Waals surface area contributed by atoms with Crippen LogP contribution in [0, 0.1) is 0 Å². The van der Waals surface area contributed by atoms with E-state index >= 15 is 0 Å². The zero-order chi connectivity index (χ0) is 21.4. The number of aromatic nitrogens is 4. The van der Waals surface area contributed by atoms with Gasteiger partial charge in [-0.2, -0.15) is 5.10 Å². The van der Waals surface area contributed by atoms with Gasteiger partial charge in [-0.05, 0) is 48.7 Å². The lowest BCUT2D eigenvalue weighted by Gasteiger charge is -2.10. The van der Waals surface area contributed by atoms with E-state index in [0.717, 1.165) is 11.1 Å². The summed E-state index contributed by atoms with van der Waals surface area (Å²) in [5.41, 5.74) is 3.29. The Morgan fingerprint density at radius 3 is 2.55 bits per heavy atom. The third-order valence-corrected chi connectivity index (χ3v) is 5.42. The number of carboxylic acids is 1. The van der Waals surface area contributed by atoms with Gasteiger partial charge in [-0.3, -0.25) is 14.5 Å². The van der Waals surface area contributed by atoms with Crippen molar-refractivity contribution in [1.82, 2.24) is 19.7 Å². The number of H-pyrrole nitrogens is 1. The van der Waals surface area contributed by atoms with Gasteiger partial charge in [0.15, 0.2) is 0 Å². The summed E-state index contributed by atoms with van der Waals surface area (Å²) in [5.74, 6) is -0.967. The summed E-state index contributed by atoms with van der Waals surface area (Å²) in [6.45, 7) is 0. The summed E-state index contributed by atoms with van der Waals surface area (Å²) < 4.78 is 1.60. The van der Waals surface area contributed by atoms with E-state index in [4.69, 9.17) is 0 Å². The Morgan fingerprint density at radius 1 is 0.968 bits per heavy atom. The summed E-state index contributed by atoms with van der Waals surface area (Å²) in [7, 11) is 0. The maximum atomic E-state index is 13.6. The van der Waals surface area contributed by atoms with Gasteiger partial charge in [0.05, 0.1) is 27.8 Å². The average Bonchev–Trinajstić information content (AvgIpc) is 3.23. The molecule has 0 aliphatic heterocycles. The Balaban J connectivity index is 1.68. The van der Waals surface area contributed by atoms with E-state index in [-0.39, 0.29) is 11.1 Å². The molecule has 0 fully saturated rings. The van der Waals surface area contributed by atoms with Crippen molar-refractivity contribution in [2.45, 2.75) is 12.8 Å². The van der Waals surface area contributed by atoms with Gasteiger partial charge in [0, 0.05) is 11.6 Å². The predicted octanol–water partition coefficient (Wildman–Crippen LogP) is 3.75. The molecule has 152 valence electrons. The molecule has 0 bridgehead atoms. The monoisotopic (exact) mass is 410 g/mol. The number of carboxylic acid groups (broad SMARTS) is 1. The van der Waals surface area contributed by atoms with Crippen molar-refractivity contribution in [3.8, 4) is 5.69 Å². The molecule has 2 aromatic carbocycles. The fourth-order valence-corrected chi connectivity index (χ4v) is 3.98. The van der Waals surface area contributed by atoms with Crippen LogP contribution in [-0.2, 0) is 12.8 Å². The second-order valence-electron chi connectivity index (χ2n) is 7.23. The van der Waals surface area contributed by atoms with Crippen molar-refractivity contribution < 1.29 is 9.90 Å². The fraction of sp³-hybridized carbons (Fsp3) is 0.0833. The van der Waals surface area contributed by atoms with E-state index < -0.39 is 5.97 Å². The molecule has 5 rings (SSSR count). The highest BCUT2D eigenvalue weighted by molar-refractivity contribution is 6.03. The van der Waals surface area contributed by atoms with Gasteiger partial charge in [-0.25, -0.2) is 9.78 Å². The van der Waals surface area contributed by atoms with Crippen molar-refractivity contribution in [1.29, 1.82) is 0 Å². The summed E-state index contributed by atoms with van der Waals surface area (Å²) in [6, 6.07) is 20.0. The van der Waals surface area contributed by atoms with Gasteiger partial charge >= 0.3 is 5.97 Å². The molecular weight excluding hydrogens is 392 g/mol. The highest BCUT2D eigenvalue weighted by Crippen LogP contribution is 2.24. The molecule has 3 aromatic heterocycles. The van der Waals surface area contributed by atoms with Crippen LogP contribution in [0.1, 0.15) is 21.6 Å². The zero-order valence-corrected chi connectivity index (χ0v) is 16.4. The van der Waals surface area contributed by atoms with Crippen LogP contribution in [0.15, 0.2) is 77.7 Å². The molecule has 7 heteroatoms. The molecule has 2 N–H and O–H groups in total. The fourth-order valence-electron chi connectivity index (χ4n) is 3.98. The van der Waals surface area contributed by atoms with Gasteiger partial charge in [0.2, 0.25) is 0 Å². The Morgan fingerprint density at radius 2 is 1.74 bits per heavy atom. The van der Waals surface area contributed by atoms with E-state index in [2.05, 4.69) is 15.2 Å². The maximum Gasteiger partial charge on any atom is 0.335 e. The van der Waals surface area contributed by atoms with E-state index in [1.54, 1.807) is 29.0 Å². The predicted molar refractivity (Wildman–Crippen MR) is 118 cm³/mol. The van der Waals surface area contributed by atoms with Crippen LogP contribution < -0.4 is 5.56 Å². The minimum Gasteiger partial charge on any atom is -0.478 e. The van der Waals surface area contributed by atoms with Gasteiger partial charge in [-0.1, -0.05) is 36.4 Å². The molecule has 0 unspecified atom stereocenters. The lowest BCUT2D eigenvalue weighted by Crippen LogP contribution is -2.20. The number of aryl methyl sites for hydroxylation is 2. The van der Waals surface area contributed by atoms with Crippen molar-refractivity contribution in [3.05, 3.63) is 100 Å². The molecule has 31 heavy (non-hydrogen) atoms. The highest BCUT2D eigenvalue weighted by Gasteiger charge is 2.19. The lowest BCUT2D eigenvalue weighted by molar-refractivity contribution is 0.0695.